The predicted octanol–water partition coefficient (Wildman–Crippen LogP) is 3.46. The number of ether oxygens (including phenoxy) is 1. The van der Waals surface area contributed by atoms with E-state index in [1.165, 1.54) is 0 Å². The number of benzene rings is 1. The van der Waals surface area contributed by atoms with Crippen molar-refractivity contribution in [2.24, 2.45) is 0 Å². The van der Waals surface area contributed by atoms with Crippen molar-refractivity contribution in [1.29, 1.82) is 0 Å². The van der Waals surface area contributed by atoms with Crippen LogP contribution in [0.3, 0.4) is 0 Å². The molecule has 1 N–H and O–H groups in total. The zero-order valence-electron chi connectivity index (χ0n) is 9.48. The van der Waals surface area contributed by atoms with Gasteiger partial charge in [-0.2, -0.15) is 0 Å². The lowest BCUT2D eigenvalue weighted by atomic mass is 10.3. The van der Waals surface area contributed by atoms with E-state index in [4.69, 9.17) is 4.74 Å². The summed E-state index contributed by atoms with van der Waals surface area (Å²) < 4.78 is 6.72. The summed E-state index contributed by atoms with van der Waals surface area (Å²) in [6.45, 7) is 0.541. The highest BCUT2D eigenvalue weighted by Crippen LogP contribution is 2.17. The van der Waals surface area contributed by atoms with Crippen molar-refractivity contribution >= 4 is 21.7 Å². The number of nitrogens with one attached hydrogen (secondary N) is 1. The van der Waals surface area contributed by atoms with Gasteiger partial charge in [-0.15, -0.1) is 0 Å². The molecule has 0 aliphatic rings. The van der Waals surface area contributed by atoms with Gasteiger partial charge in [0.1, 0.15) is 18.2 Å². The summed E-state index contributed by atoms with van der Waals surface area (Å²) >= 11 is 3.39. The normalized spacial score (nSPS) is 10.0. The van der Waals surface area contributed by atoms with E-state index in [-0.39, 0.29) is 0 Å². The fraction of sp³-hybridized carbons (Fsp3) is 0.154. The maximum atomic E-state index is 5.67. The Balaban J connectivity index is 1.99. The smallest absolute Gasteiger partial charge is 0.126 e. The van der Waals surface area contributed by atoms with E-state index < -0.39 is 0 Å². The van der Waals surface area contributed by atoms with Gasteiger partial charge in [0.25, 0.3) is 0 Å². The Hall–Kier alpha value is -1.55. The van der Waals surface area contributed by atoms with E-state index >= 15 is 0 Å². The molecule has 0 saturated heterocycles. The van der Waals surface area contributed by atoms with Gasteiger partial charge < -0.3 is 10.1 Å². The average molecular weight is 293 g/mol. The number of pyridine rings is 1. The zero-order valence-corrected chi connectivity index (χ0v) is 11.1. The lowest BCUT2D eigenvalue weighted by Gasteiger charge is -2.07. The van der Waals surface area contributed by atoms with Crippen LogP contribution in [0.1, 0.15) is 5.56 Å². The second kappa shape index (κ2) is 5.68. The van der Waals surface area contributed by atoms with Crippen LogP contribution in [0, 0.1) is 0 Å². The molecule has 0 radical (unpaired) electrons. The van der Waals surface area contributed by atoms with Gasteiger partial charge in [0.15, 0.2) is 0 Å². The third-order valence-corrected chi connectivity index (χ3v) is 2.83. The van der Waals surface area contributed by atoms with Gasteiger partial charge in [-0.3, -0.25) is 0 Å². The third kappa shape index (κ3) is 3.46. The van der Waals surface area contributed by atoms with Crippen LogP contribution in [0.25, 0.3) is 0 Å². The Morgan fingerprint density at radius 1 is 1.24 bits per heavy atom. The molecule has 1 heterocycles. The van der Waals surface area contributed by atoms with Crippen LogP contribution in [0.2, 0.25) is 0 Å². The van der Waals surface area contributed by atoms with Crippen LogP contribution in [-0.2, 0) is 6.61 Å². The summed E-state index contributed by atoms with van der Waals surface area (Å²) in [7, 11) is 1.85. The highest BCUT2D eigenvalue weighted by molar-refractivity contribution is 9.10. The minimum atomic E-state index is 0.541. The Bertz CT molecular complexity index is 485. The summed E-state index contributed by atoms with van der Waals surface area (Å²) in [4.78, 5) is 4.15. The highest BCUT2D eigenvalue weighted by atomic mass is 79.9. The number of nitrogens with zero attached hydrogens (tertiary/aromatic N) is 1. The van der Waals surface area contributed by atoms with E-state index in [0.717, 1.165) is 21.6 Å². The molecular weight excluding hydrogens is 280 g/mol. The van der Waals surface area contributed by atoms with Crippen molar-refractivity contribution in [2.45, 2.75) is 6.61 Å². The molecule has 2 aromatic rings. The lowest BCUT2D eigenvalue weighted by molar-refractivity contribution is 0.306. The molecule has 0 spiro atoms. The molecule has 2 rings (SSSR count). The standard InChI is InChI=1S/C13H13BrN2O/c1-15-13-8-10(6-7-16-13)9-17-12-4-2-11(14)3-5-12/h2-8H,9H2,1H3,(H,15,16). The molecule has 0 amide bonds. The summed E-state index contributed by atoms with van der Waals surface area (Å²) in [5.74, 6) is 1.71. The van der Waals surface area contributed by atoms with Gasteiger partial charge in [-0.1, -0.05) is 15.9 Å². The predicted molar refractivity (Wildman–Crippen MR) is 72.3 cm³/mol. The van der Waals surface area contributed by atoms with Gasteiger partial charge in [-0.05, 0) is 42.0 Å². The molecule has 0 atom stereocenters. The Labute approximate surface area is 109 Å². The maximum Gasteiger partial charge on any atom is 0.126 e. The first-order chi connectivity index (χ1) is 8.28. The zero-order chi connectivity index (χ0) is 12.1. The fourth-order valence-electron chi connectivity index (χ4n) is 1.40. The number of hydrogen-bond acceptors (Lipinski definition) is 3. The first kappa shape index (κ1) is 11.9. The van der Waals surface area contributed by atoms with E-state index in [0.29, 0.717) is 6.61 Å². The van der Waals surface area contributed by atoms with Crippen molar-refractivity contribution < 1.29 is 4.74 Å². The van der Waals surface area contributed by atoms with Gasteiger partial charge in [0.2, 0.25) is 0 Å². The molecule has 0 aliphatic carbocycles. The summed E-state index contributed by atoms with van der Waals surface area (Å²) in [5, 5.41) is 3.00. The van der Waals surface area contributed by atoms with E-state index in [1.807, 2.05) is 43.4 Å². The Morgan fingerprint density at radius 2 is 2.00 bits per heavy atom. The number of halogens is 1. The molecule has 0 saturated carbocycles. The molecular formula is C13H13BrN2O. The topological polar surface area (TPSA) is 34.1 Å². The van der Waals surface area contributed by atoms with Crippen LogP contribution in [0.4, 0.5) is 5.82 Å². The third-order valence-electron chi connectivity index (χ3n) is 2.30. The molecule has 17 heavy (non-hydrogen) atoms. The van der Waals surface area contributed by atoms with Gasteiger partial charge in [0.05, 0.1) is 0 Å². The van der Waals surface area contributed by atoms with Crippen LogP contribution < -0.4 is 10.1 Å². The SMILES string of the molecule is CNc1cc(COc2ccc(Br)cc2)ccn1. The number of rotatable bonds is 4. The quantitative estimate of drug-likeness (QED) is 0.937. The molecule has 3 nitrogen and oxygen atoms in total. The summed E-state index contributed by atoms with van der Waals surface area (Å²) in [5.41, 5.74) is 1.09. The molecule has 0 bridgehead atoms. The molecule has 0 aliphatic heterocycles. The van der Waals surface area contributed by atoms with E-state index in [9.17, 15) is 0 Å². The van der Waals surface area contributed by atoms with E-state index in [2.05, 4.69) is 26.2 Å². The van der Waals surface area contributed by atoms with Crippen molar-refractivity contribution in [2.75, 3.05) is 12.4 Å². The van der Waals surface area contributed by atoms with Crippen LogP contribution in [0.15, 0.2) is 47.1 Å². The van der Waals surface area contributed by atoms with Crippen molar-refractivity contribution in [3.63, 3.8) is 0 Å². The first-order valence-electron chi connectivity index (χ1n) is 5.29. The molecule has 88 valence electrons. The van der Waals surface area contributed by atoms with Crippen LogP contribution >= 0.6 is 15.9 Å². The molecule has 0 fully saturated rings. The van der Waals surface area contributed by atoms with Crippen molar-refractivity contribution in [1.82, 2.24) is 4.98 Å². The second-order valence-corrected chi connectivity index (χ2v) is 4.46. The monoisotopic (exact) mass is 292 g/mol. The second-order valence-electron chi connectivity index (χ2n) is 3.54. The van der Waals surface area contributed by atoms with Crippen molar-refractivity contribution in [3.05, 3.63) is 52.6 Å². The van der Waals surface area contributed by atoms with Gasteiger partial charge in [0, 0.05) is 17.7 Å². The number of aromatic nitrogens is 1. The molecule has 0 unspecified atom stereocenters. The largest absolute Gasteiger partial charge is 0.489 e. The average Bonchev–Trinajstić information content (AvgIpc) is 2.38. The summed E-state index contributed by atoms with van der Waals surface area (Å²) in [6.07, 6.45) is 1.77. The first-order valence-corrected chi connectivity index (χ1v) is 6.08. The highest BCUT2D eigenvalue weighted by Gasteiger charge is 1.98. The summed E-state index contributed by atoms with van der Waals surface area (Å²) in [6, 6.07) is 11.7. The maximum absolute atomic E-state index is 5.67. The molecule has 4 heteroatoms. The number of hydrogen-bond donors (Lipinski definition) is 1. The van der Waals surface area contributed by atoms with Crippen molar-refractivity contribution in [3.8, 4) is 5.75 Å². The van der Waals surface area contributed by atoms with Gasteiger partial charge in [-0.25, -0.2) is 4.98 Å². The Kier molecular flexibility index (Phi) is 3.98. The van der Waals surface area contributed by atoms with Crippen LogP contribution in [0.5, 0.6) is 5.75 Å². The van der Waals surface area contributed by atoms with Crippen LogP contribution in [-0.4, -0.2) is 12.0 Å². The van der Waals surface area contributed by atoms with Gasteiger partial charge >= 0.3 is 0 Å². The lowest BCUT2D eigenvalue weighted by Crippen LogP contribution is -1.98. The Morgan fingerprint density at radius 3 is 2.71 bits per heavy atom. The minimum Gasteiger partial charge on any atom is -0.489 e. The number of anilines is 1. The van der Waals surface area contributed by atoms with E-state index in [1.54, 1.807) is 6.20 Å². The minimum absolute atomic E-state index is 0.541. The molecule has 1 aromatic carbocycles. The fourth-order valence-corrected chi connectivity index (χ4v) is 1.66. The molecule has 1 aromatic heterocycles.